The summed E-state index contributed by atoms with van der Waals surface area (Å²) < 4.78 is 83.8. The van der Waals surface area contributed by atoms with Gasteiger partial charge in [0.25, 0.3) is 17.7 Å². The van der Waals surface area contributed by atoms with E-state index in [2.05, 4.69) is 63.4 Å². The Balaban J connectivity index is 0.000000139. The van der Waals surface area contributed by atoms with Crippen molar-refractivity contribution in [3.63, 3.8) is 0 Å². The lowest BCUT2D eigenvalue weighted by molar-refractivity contribution is 0.00848. The van der Waals surface area contributed by atoms with Crippen molar-refractivity contribution in [2.75, 3.05) is 78.5 Å². The molecule has 0 saturated carbocycles. The number of carbonyl (C=O) groups is 9. The number of amides is 3. The third kappa shape index (κ3) is 27.2. The van der Waals surface area contributed by atoms with Crippen LogP contribution in [0.3, 0.4) is 0 Å². The van der Waals surface area contributed by atoms with Crippen LogP contribution in [0.25, 0.3) is 66.1 Å². The number of hydrogen-bond donors (Lipinski definition) is 4. The number of H-pyrrole nitrogens is 1. The first-order valence-electron chi connectivity index (χ1n) is 47.1. The van der Waals surface area contributed by atoms with E-state index in [0.29, 0.717) is 101 Å². The highest BCUT2D eigenvalue weighted by Gasteiger charge is 2.39. The maximum absolute atomic E-state index is 13.3. The van der Waals surface area contributed by atoms with Gasteiger partial charge in [-0.1, -0.05) is 117 Å². The van der Waals surface area contributed by atoms with E-state index < -0.39 is 29.4 Å². The van der Waals surface area contributed by atoms with Gasteiger partial charge in [0.05, 0.1) is 16.6 Å². The third-order valence-electron chi connectivity index (χ3n) is 25.0. The number of allylic oxidation sites excluding steroid dienone is 2. The molecule has 1 radical (unpaired) electrons. The van der Waals surface area contributed by atoms with Crippen molar-refractivity contribution in [2.24, 2.45) is 0 Å². The van der Waals surface area contributed by atoms with E-state index in [1.807, 2.05) is 107 Å². The first kappa shape index (κ1) is 108. The van der Waals surface area contributed by atoms with Crippen LogP contribution in [0.1, 0.15) is 175 Å². The minimum absolute atomic E-state index is 0. The largest absolute Gasteiger partial charge is 0.569 e. The standard InChI is InChI=1S/C26H24FN5O2S.C21H20FNO3.C17H13FO.C16H11FO2.C15H16INO3.C11H16N4OS.C6H5BFO2.CH4/c27-19-4-1-17(2-5-19)22-14-29-23-13-18(3-6-21(22)23)25(33)32-15-20(16-32)30-8-10-31(11-9-30)26(34)24-28-7-12-35-24;1-13(24)15-7-10-17-18(14-5-8-16(22)9-6-14)12-23(19(17)11-15)20(25)26-21(2,3)4;1-11(19)13-4-8-17-14(10-13)5-9-16(17)12-2-6-15(18)7-3-12;17-13-5-1-10(2-6-13)14-7-3-11-9-12(16(18)19)4-8-15(11)14;1-9(18)10-5-6-11-12(16)8-17(13(11)7-10)14(19)20-15(2,3)4;16-11(10-13-1-6-17-10)15-4-2-14(3-5-15)9-7-12-8-9;8-5-1-3-6(4-2-5)10-7-9;/h1-7,12-14,20,29H,8-11,15-16H2;5-12H,1-4H3;2-4,6-10H,5H2,1H3;1-2,4-9H,3H2,(H,18,19);5-8H,1-4H3;1,6,9,12H,2-5,7-8H2;1-4,9H;1H4. The molecule has 3 amide bonds. The van der Waals surface area contributed by atoms with Crippen LogP contribution in [0, 0.1) is 32.7 Å². The Bertz CT molecular complexity index is 7250. The van der Waals surface area contributed by atoms with Crippen LogP contribution >= 0.6 is 45.3 Å². The number of aromatic carboxylic acids is 1. The summed E-state index contributed by atoms with van der Waals surface area (Å²) in [6.07, 6.45) is 13.4. The van der Waals surface area contributed by atoms with Gasteiger partial charge in [0, 0.05) is 191 Å². The fraction of sp³-hybridized carbons (Fsp3) is 0.248. The van der Waals surface area contributed by atoms with E-state index in [4.69, 9.17) is 19.6 Å². The zero-order chi connectivity index (χ0) is 104. The number of aromatic amines is 1. The van der Waals surface area contributed by atoms with Crippen molar-refractivity contribution in [3.8, 4) is 28.0 Å². The molecule has 4 fully saturated rings. The second-order valence-corrected chi connectivity index (χ2v) is 40.2. The topological polar surface area (TPSA) is 301 Å². The molecule has 34 heteroatoms. The zero-order valence-electron chi connectivity index (χ0n) is 81.4. The molecule has 6 aliphatic rings. The summed E-state index contributed by atoms with van der Waals surface area (Å²) in [7, 11) is 0.549. The lowest BCUT2D eigenvalue weighted by Gasteiger charge is -2.48. The second-order valence-electron chi connectivity index (χ2n) is 37.2. The number of carboxylic acids is 1. The van der Waals surface area contributed by atoms with Gasteiger partial charge in [-0.05, 0) is 269 Å². The van der Waals surface area contributed by atoms with Crippen LogP contribution in [-0.4, -0.2) is 221 Å². The molecule has 0 atom stereocenters. The first-order chi connectivity index (χ1) is 69.9. The van der Waals surface area contributed by atoms with Gasteiger partial charge >= 0.3 is 25.8 Å². The van der Waals surface area contributed by atoms with Gasteiger partial charge in [0.1, 0.15) is 46.0 Å². The summed E-state index contributed by atoms with van der Waals surface area (Å²) in [6.45, 7) is 25.6. The molecule has 9 heterocycles. The summed E-state index contributed by atoms with van der Waals surface area (Å²) >= 11 is 4.96. The van der Waals surface area contributed by atoms with Crippen LogP contribution < -0.4 is 9.97 Å². The molecule has 0 spiro atoms. The number of ether oxygens (including phenoxy) is 2. The maximum atomic E-state index is 13.3. The molecule has 25 nitrogen and oxygen atoms in total. The van der Waals surface area contributed by atoms with Crippen LogP contribution in [-0.2, 0) is 22.3 Å². The molecule has 0 bridgehead atoms. The molecule has 0 unspecified atom stereocenters. The van der Waals surface area contributed by atoms with Gasteiger partial charge in [0.15, 0.2) is 27.4 Å². The van der Waals surface area contributed by atoms with E-state index in [1.54, 1.807) is 143 Å². The summed E-state index contributed by atoms with van der Waals surface area (Å²) in [5.74, 6) is -1.84. The number of piperazine rings is 2. The van der Waals surface area contributed by atoms with Crippen molar-refractivity contribution in [2.45, 2.75) is 106 Å². The lowest BCUT2D eigenvalue weighted by atomic mass is 9.97. The Morgan fingerprint density at radius 3 is 1.26 bits per heavy atom. The van der Waals surface area contributed by atoms with Crippen molar-refractivity contribution in [3.05, 3.63) is 370 Å². The number of carboxylic acid groups (broad SMARTS) is 1. The first-order valence-corrected chi connectivity index (χ1v) is 50.0. The maximum Gasteiger partial charge on any atom is 0.569 e. The third-order valence-corrected chi connectivity index (χ3v) is 27.4. The molecule has 757 valence electrons. The van der Waals surface area contributed by atoms with Gasteiger partial charge in [-0.15, -0.1) is 22.7 Å². The van der Waals surface area contributed by atoms with Gasteiger partial charge in [-0.3, -0.25) is 47.7 Å². The predicted octanol–water partition coefficient (Wildman–Crippen LogP) is 22.1. The van der Waals surface area contributed by atoms with Gasteiger partial charge in [-0.2, -0.15) is 0 Å². The Morgan fingerprint density at radius 2 is 0.830 bits per heavy atom. The van der Waals surface area contributed by atoms with Crippen molar-refractivity contribution >= 4 is 150 Å². The molecule has 4 N–H and O–H groups in total. The average Bonchev–Trinajstić information content (AvgIpc) is 1.54. The number of nitrogens with one attached hydrogen (secondary N) is 2. The van der Waals surface area contributed by atoms with E-state index in [-0.39, 0.29) is 71.6 Å². The monoisotopic (exact) mass is 2140 g/mol. The van der Waals surface area contributed by atoms with Crippen LogP contribution in [0.5, 0.6) is 5.75 Å². The number of fused-ring (bicyclic) bond motifs is 5. The normalized spacial score (nSPS) is 14.3. The number of halogens is 6. The Labute approximate surface area is 869 Å². The fourth-order valence-corrected chi connectivity index (χ4v) is 19.2. The number of carbonyl (C=O) groups excluding carboxylic acids is 8. The van der Waals surface area contributed by atoms with Crippen molar-refractivity contribution in [1.29, 1.82) is 0 Å². The number of thiazole rings is 2. The molecular formula is C113H109BF5IN11O14S2. The smallest absolute Gasteiger partial charge is 0.537 e. The van der Waals surface area contributed by atoms with Gasteiger partial charge in [-0.25, -0.2) is 46.3 Å². The van der Waals surface area contributed by atoms with E-state index >= 15 is 0 Å². The van der Waals surface area contributed by atoms with Gasteiger partial charge in [0.2, 0.25) is 0 Å². The van der Waals surface area contributed by atoms with Crippen LogP contribution in [0.4, 0.5) is 31.5 Å². The lowest BCUT2D eigenvalue weighted by Crippen LogP contribution is -2.64. The number of nitrogens with zero attached hydrogens (tertiary/aromatic N) is 9. The molecule has 10 aromatic carbocycles. The SMILES string of the molecule is C.CC(=O)c1ccc2c(-c3ccc(F)cc3)cn(C(=O)OC(C)(C)C)c2c1.CC(=O)c1ccc2c(I)cn(C(=O)OC(C)(C)C)c2c1.CC(=O)c1ccc2c(c1)CC=C2c1ccc(F)cc1.O=C(O)c1ccc2c(c1)CC=C2c1ccc(F)cc1.O=C(c1ccc2c(-c3ccc(F)cc3)c[nH]c2c1)N1CC(N2CCN(C(=O)c3nccs3)CC2)C1.O=C(c1nccs1)N1CCN(C2CNC2)CC1.O[B]Oc1ccc(F)cc1. The second kappa shape index (κ2) is 48.2. The number of benzene rings is 10. The van der Waals surface area contributed by atoms with Crippen molar-refractivity contribution < 1.29 is 89.4 Å². The van der Waals surface area contributed by atoms with Crippen LogP contribution in [0.2, 0.25) is 0 Å². The number of Topliss-reactive ketones (excluding diaryl/α,β-unsaturated/α-hetero) is 3. The Morgan fingerprint density at radius 1 is 0.435 bits per heavy atom. The number of aromatic nitrogens is 5. The molecule has 4 saturated heterocycles. The average molecular weight is 2140 g/mol. The zero-order valence-corrected chi connectivity index (χ0v) is 85.2. The highest BCUT2D eigenvalue weighted by Crippen LogP contribution is 2.39. The number of likely N-dealkylation sites (tertiary alicyclic amines) is 1. The van der Waals surface area contributed by atoms with E-state index in [9.17, 15) is 65.1 Å². The molecule has 21 rings (SSSR count). The molecule has 2 aliphatic carbocycles. The summed E-state index contributed by atoms with van der Waals surface area (Å²) in [6, 6.07) is 58.8. The number of hydrogen-bond acceptors (Lipinski definition) is 20. The van der Waals surface area contributed by atoms with E-state index in [0.717, 1.165) is 156 Å². The number of rotatable bonds is 15. The molecular weight excluding hydrogens is 2030 g/mol. The van der Waals surface area contributed by atoms with Crippen LogP contribution in [0.15, 0.2) is 266 Å². The molecule has 147 heavy (non-hydrogen) atoms. The molecule has 5 aromatic heterocycles. The summed E-state index contributed by atoms with van der Waals surface area (Å²) in [4.78, 5) is 130. The quantitative estimate of drug-likeness (QED) is 0.0321. The molecule has 15 aromatic rings. The van der Waals surface area contributed by atoms with Gasteiger partial charge < -0.3 is 49.3 Å². The predicted molar refractivity (Wildman–Crippen MR) is 570 cm³/mol. The molecule has 4 aliphatic heterocycles. The Kier molecular flexibility index (Phi) is 35.5. The highest BCUT2D eigenvalue weighted by molar-refractivity contribution is 14.1. The number of ketones is 3. The minimum atomic E-state index is -0.918. The Hall–Kier alpha value is -14.5. The summed E-state index contributed by atoms with van der Waals surface area (Å²) in [5, 5.41) is 28.0. The fourth-order valence-electron chi connectivity index (χ4n) is 17.3. The summed E-state index contributed by atoms with van der Waals surface area (Å²) in [5.41, 5.74) is 15.6. The van der Waals surface area contributed by atoms with Crippen molar-refractivity contribution in [1.82, 2.24) is 53.9 Å². The minimum Gasteiger partial charge on any atom is -0.537 e. The highest BCUT2D eigenvalue weighted by atomic mass is 127. The van der Waals surface area contributed by atoms with E-state index in [1.165, 1.54) is 118 Å².